The first-order valence-electron chi connectivity index (χ1n) is 8.78. The number of hydrogen-bond donors (Lipinski definition) is 1. The second-order valence-electron chi connectivity index (χ2n) is 6.28. The highest BCUT2D eigenvalue weighted by atomic mass is 16.6. The second kappa shape index (κ2) is 8.95. The first kappa shape index (κ1) is 20.0. The van der Waals surface area contributed by atoms with Crippen LogP contribution < -0.4 is 14.8 Å². The van der Waals surface area contributed by atoms with Gasteiger partial charge < -0.3 is 24.1 Å². The molecule has 0 spiro atoms. The number of nitrogens with zero attached hydrogens (tertiary/aromatic N) is 4. The molecule has 1 aromatic heterocycles. The highest BCUT2D eigenvalue weighted by Gasteiger charge is 2.29. The summed E-state index contributed by atoms with van der Waals surface area (Å²) in [6.45, 7) is 2.97. The van der Waals surface area contributed by atoms with E-state index >= 15 is 0 Å². The number of methoxy groups -OCH3 is 2. The van der Waals surface area contributed by atoms with Crippen LogP contribution in [0.15, 0.2) is 16.7 Å². The van der Waals surface area contributed by atoms with Crippen molar-refractivity contribution in [1.29, 1.82) is 0 Å². The largest absolute Gasteiger partial charge is 0.493 e. The molecule has 11 nitrogen and oxygen atoms in total. The molecule has 0 bridgehead atoms. The van der Waals surface area contributed by atoms with Crippen molar-refractivity contribution in [2.24, 2.45) is 0 Å². The fourth-order valence-corrected chi connectivity index (χ4v) is 2.95. The maximum atomic E-state index is 11.6. The van der Waals surface area contributed by atoms with Crippen molar-refractivity contribution in [3.63, 3.8) is 0 Å². The molecule has 1 saturated heterocycles. The minimum Gasteiger partial charge on any atom is -0.493 e. The van der Waals surface area contributed by atoms with E-state index in [9.17, 15) is 10.1 Å². The monoisotopic (exact) mass is 393 g/mol. The van der Waals surface area contributed by atoms with Gasteiger partial charge in [0.1, 0.15) is 12.2 Å². The number of hydrogen-bond acceptors (Lipinski definition) is 10. The predicted octanol–water partition coefficient (Wildman–Crippen LogP) is 1.25. The molecule has 2 aromatic rings. The van der Waals surface area contributed by atoms with Gasteiger partial charge in [0.05, 0.1) is 30.7 Å². The molecule has 1 fully saturated rings. The molecule has 1 aromatic carbocycles. The van der Waals surface area contributed by atoms with Crippen LogP contribution in [0.5, 0.6) is 11.5 Å². The molecular formula is C17H23N5O6. The number of nitro benzene ring substituents is 1. The second-order valence-corrected chi connectivity index (χ2v) is 6.28. The van der Waals surface area contributed by atoms with Crippen molar-refractivity contribution in [2.75, 3.05) is 54.1 Å². The topological polar surface area (TPSA) is 125 Å². The zero-order valence-electron chi connectivity index (χ0n) is 16.0. The average molecular weight is 393 g/mol. The Labute approximate surface area is 161 Å². The lowest BCUT2D eigenvalue weighted by molar-refractivity contribution is -0.384. The third-order valence-corrected chi connectivity index (χ3v) is 4.50. The Morgan fingerprint density at radius 2 is 2.18 bits per heavy atom. The van der Waals surface area contributed by atoms with Crippen LogP contribution in [0.1, 0.15) is 11.9 Å². The molecule has 1 atom stereocenters. The molecule has 3 rings (SSSR count). The Bertz CT molecular complexity index is 826. The van der Waals surface area contributed by atoms with E-state index in [2.05, 4.69) is 20.4 Å². The van der Waals surface area contributed by atoms with E-state index in [0.717, 1.165) is 13.1 Å². The van der Waals surface area contributed by atoms with Crippen LogP contribution in [0.2, 0.25) is 0 Å². The number of aromatic nitrogens is 2. The van der Waals surface area contributed by atoms with Crippen LogP contribution in [0.4, 0.5) is 5.69 Å². The molecule has 1 aliphatic heterocycles. The molecular weight excluding hydrogens is 370 g/mol. The van der Waals surface area contributed by atoms with Gasteiger partial charge in [0, 0.05) is 32.8 Å². The Morgan fingerprint density at radius 3 is 2.86 bits per heavy atom. The first-order chi connectivity index (χ1) is 13.5. The molecule has 1 unspecified atom stereocenters. The lowest BCUT2D eigenvalue weighted by atomic mass is 10.1. The summed E-state index contributed by atoms with van der Waals surface area (Å²) in [6, 6.07) is 2.70. The van der Waals surface area contributed by atoms with Crippen molar-refractivity contribution in [1.82, 2.24) is 20.4 Å². The number of nitrogens with one attached hydrogen (secondary N) is 1. The molecule has 11 heteroatoms. The smallest absolute Gasteiger partial charge is 0.286 e. The van der Waals surface area contributed by atoms with Crippen molar-refractivity contribution in [3.8, 4) is 23.0 Å². The number of benzene rings is 1. The van der Waals surface area contributed by atoms with E-state index in [1.165, 1.54) is 19.2 Å². The maximum absolute atomic E-state index is 11.6. The van der Waals surface area contributed by atoms with Gasteiger partial charge in [0.2, 0.25) is 0 Å². The van der Waals surface area contributed by atoms with Crippen molar-refractivity contribution < 1.29 is 23.7 Å². The highest BCUT2D eigenvalue weighted by molar-refractivity contribution is 5.72. The van der Waals surface area contributed by atoms with Gasteiger partial charge in [-0.2, -0.15) is 4.98 Å². The minimum atomic E-state index is -0.518. The molecule has 0 amide bonds. The van der Waals surface area contributed by atoms with Gasteiger partial charge in [-0.05, 0) is 7.05 Å². The summed E-state index contributed by atoms with van der Waals surface area (Å²) in [5.74, 6) is 1.10. The zero-order valence-corrected chi connectivity index (χ0v) is 16.0. The average Bonchev–Trinajstić information content (AvgIpc) is 3.17. The summed E-state index contributed by atoms with van der Waals surface area (Å²) in [4.78, 5) is 17.6. The van der Waals surface area contributed by atoms with Crippen LogP contribution in [0.25, 0.3) is 11.5 Å². The Morgan fingerprint density at radius 1 is 1.36 bits per heavy atom. The van der Waals surface area contributed by atoms with Crippen LogP contribution in [0, 0.1) is 10.1 Å². The van der Waals surface area contributed by atoms with E-state index in [0.29, 0.717) is 24.7 Å². The Hall–Kier alpha value is -2.76. The highest BCUT2D eigenvalue weighted by Crippen LogP contribution is 2.39. The van der Waals surface area contributed by atoms with E-state index in [-0.39, 0.29) is 35.5 Å². The van der Waals surface area contributed by atoms with Gasteiger partial charge in [0.15, 0.2) is 17.3 Å². The van der Waals surface area contributed by atoms with Crippen molar-refractivity contribution in [2.45, 2.75) is 6.04 Å². The summed E-state index contributed by atoms with van der Waals surface area (Å²) < 4.78 is 21.1. The summed E-state index contributed by atoms with van der Waals surface area (Å²) in [5, 5.41) is 18.9. The molecule has 2 heterocycles. The van der Waals surface area contributed by atoms with E-state index in [1.54, 1.807) is 7.11 Å². The Kier molecular flexibility index (Phi) is 6.39. The SMILES string of the molecule is COCCOc1cc([N+](=O)[O-])c(-c2nc(C3CNCCN3C)no2)cc1OC. The predicted molar refractivity (Wildman–Crippen MR) is 98.6 cm³/mol. The molecule has 1 N–H and O–H groups in total. The molecule has 28 heavy (non-hydrogen) atoms. The zero-order chi connectivity index (χ0) is 20.1. The molecule has 0 aliphatic carbocycles. The maximum Gasteiger partial charge on any atom is 0.286 e. The molecule has 0 radical (unpaired) electrons. The molecule has 1 aliphatic rings. The van der Waals surface area contributed by atoms with Gasteiger partial charge in [0.25, 0.3) is 11.6 Å². The summed E-state index contributed by atoms with van der Waals surface area (Å²) >= 11 is 0. The Balaban J connectivity index is 1.95. The van der Waals surface area contributed by atoms with Crippen LogP contribution in [-0.4, -0.2) is 74.1 Å². The van der Waals surface area contributed by atoms with E-state index < -0.39 is 4.92 Å². The lowest BCUT2D eigenvalue weighted by Gasteiger charge is -2.30. The van der Waals surface area contributed by atoms with Crippen LogP contribution in [-0.2, 0) is 4.74 Å². The first-order valence-corrected chi connectivity index (χ1v) is 8.78. The fourth-order valence-electron chi connectivity index (χ4n) is 2.95. The van der Waals surface area contributed by atoms with Crippen molar-refractivity contribution in [3.05, 3.63) is 28.1 Å². The molecule has 152 valence electrons. The number of nitro groups is 1. The van der Waals surface area contributed by atoms with Gasteiger partial charge in [-0.1, -0.05) is 5.16 Å². The number of piperazine rings is 1. The summed E-state index contributed by atoms with van der Waals surface area (Å²) in [7, 11) is 4.97. The van der Waals surface area contributed by atoms with Gasteiger partial charge in [-0.3, -0.25) is 15.0 Å². The number of ether oxygens (including phenoxy) is 3. The normalized spacial score (nSPS) is 17.5. The standard InChI is InChI=1S/C17H23N5O6/c1-21-5-4-18-10-13(21)16-19-17(28-20-16)11-8-14(26-3)15(27-7-6-25-2)9-12(11)22(23)24/h8-9,13,18H,4-7,10H2,1-3H3. The van der Waals surface area contributed by atoms with E-state index in [4.69, 9.17) is 18.7 Å². The van der Waals surface area contributed by atoms with Crippen molar-refractivity contribution >= 4 is 5.69 Å². The quantitative estimate of drug-likeness (QED) is 0.398. The van der Waals surface area contributed by atoms with Crippen LogP contribution >= 0.6 is 0 Å². The van der Waals surface area contributed by atoms with Gasteiger partial charge >= 0.3 is 0 Å². The third-order valence-electron chi connectivity index (χ3n) is 4.50. The lowest BCUT2D eigenvalue weighted by Crippen LogP contribution is -2.44. The van der Waals surface area contributed by atoms with Crippen LogP contribution in [0.3, 0.4) is 0 Å². The summed E-state index contributed by atoms with van der Waals surface area (Å²) in [5.41, 5.74) is -0.0374. The number of rotatable bonds is 8. The minimum absolute atomic E-state index is 0.0578. The summed E-state index contributed by atoms with van der Waals surface area (Å²) in [6.07, 6.45) is 0. The molecule has 0 saturated carbocycles. The van der Waals surface area contributed by atoms with E-state index in [1.807, 2.05) is 7.05 Å². The third kappa shape index (κ3) is 4.21. The van der Waals surface area contributed by atoms with Gasteiger partial charge in [-0.15, -0.1) is 0 Å². The fraction of sp³-hybridized carbons (Fsp3) is 0.529. The van der Waals surface area contributed by atoms with Gasteiger partial charge in [-0.25, -0.2) is 0 Å². The number of likely N-dealkylation sites (N-methyl/N-ethyl adjacent to an activating group) is 1.